The number of likely N-dealkylation sites (N-methyl/N-ethyl adjacent to an activating group) is 1. The van der Waals surface area contributed by atoms with E-state index >= 15 is 0 Å². The van der Waals surface area contributed by atoms with Crippen LogP contribution < -0.4 is 16.0 Å². The zero-order chi connectivity index (χ0) is 13.5. The molecule has 0 spiro atoms. The number of aryl methyl sites for hydroxylation is 1. The number of hydrogen-bond donors (Lipinski definition) is 3. The van der Waals surface area contributed by atoms with Crippen LogP contribution in [0, 0.1) is 10.5 Å². The summed E-state index contributed by atoms with van der Waals surface area (Å²) in [6.07, 6.45) is 0. The molecule has 18 heavy (non-hydrogen) atoms. The Morgan fingerprint density at radius 2 is 1.89 bits per heavy atom. The van der Waals surface area contributed by atoms with E-state index in [9.17, 15) is 9.59 Å². The normalized spacial score (nSPS) is 9.94. The minimum absolute atomic E-state index is 0.110. The van der Waals surface area contributed by atoms with Crippen LogP contribution in [0.2, 0.25) is 0 Å². The highest BCUT2D eigenvalue weighted by atomic mass is 127. The van der Waals surface area contributed by atoms with Crippen molar-refractivity contribution in [2.75, 3.05) is 25.5 Å². The number of hydrogen-bond acceptors (Lipinski definition) is 3. The first-order valence-corrected chi connectivity index (χ1v) is 6.58. The Bertz CT molecular complexity index is 449. The molecule has 0 aliphatic heterocycles. The van der Waals surface area contributed by atoms with Crippen LogP contribution in [-0.2, 0) is 9.59 Å². The number of amides is 2. The fraction of sp³-hybridized carbons (Fsp3) is 0.333. The first-order valence-electron chi connectivity index (χ1n) is 5.50. The SMILES string of the molecule is CNC(=O)CNCC(=O)Nc1ccc(I)cc1C. The van der Waals surface area contributed by atoms with Gasteiger partial charge in [0.2, 0.25) is 11.8 Å². The van der Waals surface area contributed by atoms with E-state index in [0.717, 1.165) is 14.8 Å². The van der Waals surface area contributed by atoms with Crippen LogP contribution in [0.1, 0.15) is 5.56 Å². The van der Waals surface area contributed by atoms with Crippen molar-refractivity contribution in [3.8, 4) is 0 Å². The first-order chi connectivity index (χ1) is 8.52. The molecule has 1 aromatic rings. The number of benzene rings is 1. The lowest BCUT2D eigenvalue weighted by atomic mass is 10.2. The molecule has 0 saturated heterocycles. The van der Waals surface area contributed by atoms with Crippen molar-refractivity contribution in [3.63, 3.8) is 0 Å². The smallest absolute Gasteiger partial charge is 0.238 e. The second-order valence-electron chi connectivity index (χ2n) is 3.78. The molecule has 0 aliphatic carbocycles. The van der Waals surface area contributed by atoms with Crippen LogP contribution in [0.3, 0.4) is 0 Å². The molecule has 0 radical (unpaired) electrons. The van der Waals surface area contributed by atoms with Gasteiger partial charge in [-0.15, -0.1) is 0 Å². The van der Waals surface area contributed by atoms with Gasteiger partial charge in [-0.25, -0.2) is 0 Å². The van der Waals surface area contributed by atoms with Gasteiger partial charge in [-0.1, -0.05) is 0 Å². The number of nitrogens with one attached hydrogen (secondary N) is 3. The van der Waals surface area contributed by atoms with Gasteiger partial charge in [0.1, 0.15) is 0 Å². The number of rotatable bonds is 5. The molecular formula is C12H16IN3O2. The maximum absolute atomic E-state index is 11.6. The molecule has 1 rings (SSSR count). The summed E-state index contributed by atoms with van der Waals surface area (Å²) in [6, 6.07) is 5.79. The topological polar surface area (TPSA) is 70.2 Å². The molecule has 0 saturated carbocycles. The van der Waals surface area contributed by atoms with Gasteiger partial charge in [0.05, 0.1) is 13.1 Å². The molecule has 0 heterocycles. The zero-order valence-corrected chi connectivity index (χ0v) is 12.5. The summed E-state index contributed by atoms with van der Waals surface area (Å²) >= 11 is 2.22. The molecule has 0 fully saturated rings. The fourth-order valence-corrected chi connectivity index (χ4v) is 1.99. The Hall–Kier alpha value is -1.15. The third-order valence-corrected chi connectivity index (χ3v) is 2.98. The lowest BCUT2D eigenvalue weighted by molar-refractivity contribution is -0.119. The summed E-state index contributed by atoms with van der Waals surface area (Å²) in [5, 5.41) is 8.02. The zero-order valence-electron chi connectivity index (χ0n) is 10.3. The van der Waals surface area contributed by atoms with Crippen molar-refractivity contribution in [2.45, 2.75) is 6.92 Å². The van der Waals surface area contributed by atoms with Gasteiger partial charge in [-0.3, -0.25) is 14.9 Å². The van der Waals surface area contributed by atoms with E-state index in [1.54, 1.807) is 7.05 Å². The molecule has 5 nitrogen and oxygen atoms in total. The quantitative estimate of drug-likeness (QED) is 0.682. The third-order valence-electron chi connectivity index (χ3n) is 2.31. The molecule has 3 N–H and O–H groups in total. The highest BCUT2D eigenvalue weighted by Crippen LogP contribution is 2.17. The Morgan fingerprint density at radius 3 is 2.50 bits per heavy atom. The first kappa shape index (κ1) is 14.9. The number of anilines is 1. The molecule has 0 aromatic heterocycles. The van der Waals surface area contributed by atoms with Gasteiger partial charge >= 0.3 is 0 Å². The van der Waals surface area contributed by atoms with Crippen molar-refractivity contribution in [2.24, 2.45) is 0 Å². The average Bonchev–Trinajstić information content (AvgIpc) is 2.32. The lowest BCUT2D eigenvalue weighted by Gasteiger charge is -2.09. The van der Waals surface area contributed by atoms with Crippen molar-refractivity contribution in [3.05, 3.63) is 27.3 Å². The minimum atomic E-state index is -0.164. The summed E-state index contributed by atoms with van der Waals surface area (Å²) < 4.78 is 1.13. The monoisotopic (exact) mass is 361 g/mol. The second-order valence-corrected chi connectivity index (χ2v) is 5.03. The van der Waals surface area contributed by atoms with E-state index in [4.69, 9.17) is 0 Å². The van der Waals surface area contributed by atoms with E-state index in [1.165, 1.54) is 0 Å². The third kappa shape index (κ3) is 5.01. The largest absolute Gasteiger partial charge is 0.358 e. The summed E-state index contributed by atoms with van der Waals surface area (Å²) in [7, 11) is 1.55. The van der Waals surface area contributed by atoms with Gasteiger partial charge in [0.15, 0.2) is 0 Å². The molecule has 1 aromatic carbocycles. The van der Waals surface area contributed by atoms with Crippen LogP contribution >= 0.6 is 22.6 Å². The molecule has 2 amide bonds. The standard InChI is InChI=1S/C12H16IN3O2/c1-8-5-9(13)3-4-10(8)16-12(18)7-15-6-11(17)14-2/h3-5,15H,6-7H2,1-2H3,(H,14,17)(H,16,18). The van der Waals surface area contributed by atoms with E-state index in [-0.39, 0.29) is 24.9 Å². The minimum Gasteiger partial charge on any atom is -0.358 e. The van der Waals surface area contributed by atoms with E-state index < -0.39 is 0 Å². The summed E-state index contributed by atoms with van der Waals surface area (Å²) in [4.78, 5) is 22.5. The fourth-order valence-electron chi connectivity index (χ4n) is 1.34. The highest BCUT2D eigenvalue weighted by molar-refractivity contribution is 14.1. The summed E-state index contributed by atoms with van der Waals surface area (Å²) in [5.41, 5.74) is 1.81. The highest BCUT2D eigenvalue weighted by Gasteiger charge is 2.05. The molecule has 6 heteroatoms. The Labute approximate surface area is 120 Å². The predicted molar refractivity (Wildman–Crippen MR) is 79.5 cm³/mol. The average molecular weight is 361 g/mol. The molecular weight excluding hydrogens is 345 g/mol. The Balaban J connectivity index is 2.42. The molecule has 0 bridgehead atoms. The molecule has 0 aliphatic rings. The van der Waals surface area contributed by atoms with Crippen LogP contribution in [0.15, 0.2) is 18.2 Å². The van der Waals surface area contributed by atoms with E-state index in [0.29, 0.717) is 0 Å². The van der Waals surface area contributed by atoms with Crippen molar-refractivity contribution < 1.29 is 9.59 Å². The molecule has 0 atom stereocenters. The van der Waals surface area contributed by atoms with Crippen LogP contribution in [0.25, 0.3) is 0 Å². The Morgan fingerprint density at radius 1 is 1.22 bits per heavy atom. The van der Waals surface area contributed by atoms with E-state index in [1.807, 2.05) is 25.1 Å². The maximum atomic E-state index is 11.6. The van der Waals surface area contributed by atoms with Crippen LogP contribution in [0.5, 0.6) is 0 Å². The lowest BCUT2D eigenvalue weighted by Crippen LogP contribution is -2.36. The van der Waals surface area contributed by atoms with Gasteiger partial charge in [0.25, 0.3) is 0 Å². The van der Waals surface area contributed by atoms with Crippen molar-refractivity contribution >= 4 is 40.1 Å². The van der Waals surface area contributed by atoms with Gasteiger partial charge in [0, 0.05) is 16.3 Å². The van der Waals surface area contributed by atoms with Gasteiger partial charge in [-0.05, 0) is 53.3 Å². The van der Waals surface area contributed by atoms with Crippen molar-refractivity contribution in [1.29, 1.82) is 0 Å². The molecule has 0 unspecified atom stereocenters. The molecule has 98 valence electrons. The summed E-state index contributed by atoms with van der Waals surface area (Å²) in [6.45, 7) is 2.18. The van der Waals surface area contributed by atoms with Gasteiger partial charge in [-0.2, -0.15) is 0 Å². The van der Waals surface area contributed by atoms with Crippen molar-refractivity contribution in [1.82, 2.24) is 10.6 Å². The second kappa shape index (κ2) is 7.32. The van der Waals surface area contributed by atoms with Crippen LogP contribution in [-0.4, -0.2) is 32.0 Å². The van der Waals surface area contributed by atoms with E-state index in [2.05, 4.69) is 38.5 Å². The van der Waals surface area contributed by atoms with Gasteiger partial charge < -0.3 is 10.6 Å². The number of halogens is 1. The predicted octanol–water partition coefficient (Wildman–Crippen LogP) is 0.874. The number of carbonyl (C=O) groups is 2. The van der Waals surface area contributed by atoms with Crippen LogP contribution in [0.4, 0.5) is 5.69 Å². The summed E-state index contributed by atoms with van der Waals surface area (Å²) in [5.74, 6) is -0.309. The number of carbonyl (C=O) groups excluding carboxylic acids is 2. The maximum Gasteiger partial charge on any atom is 0.238 e. The Kier molecular flexibility index (Phi) is 6.06.